The van der Waals surface area contributed by atoms with E-state index in [9.17, 15) is 0 Å². The fraction of sp³-hybridized carbons (Fsp3) is 0.611. The summed E-state index contributed by atoms with van der Waals surface area (Å²) in [4.78, 5) is 7.18. The lowest BCUT2D eigenvalue weighted by Gasteiger charge is -2.23. The SMILES string of the molecule is C=CCN(CCC)c1cc(CNC2CC2)cc(CCC)n1. The first-order valence-electron chi connectivity index (χ1n) is 8.35. The summed E-state index contributed by atoms with van der Waals surface area (Å²) in [7, 11) is 0. The van der Waals surface area contributed by atoms with Crippen molar-refractivity contribution in [2.24, 2.45) is 0 Å². The fourth-order valence-electron chi connectivity index (χ4n) is 2.56. The second-order valence-corrected chi connectivity index (χ2v) is 5.96. The third kappa shape index (κ3) is 5.16. The predicted molar refractivity (Wildman–Crippen MR) is 90.8 cm³/mol. The Morgan fingerprint density at radius 1 is 1.33 bits per heavy atom. The quantitative estimate of drug-likeness (QED) is 0.665. The summed E-state index contributed by atoms with van der Waals surface area (Å²) < 4.78 is 0. The largest absolute Gasteiger partial charge is 0.353 e. The maximum atomic E-state index is 4.85. The smallest absolute Gasteiger partial charge is 0.129 e. The van der Waals surface area contributed by atoms with Crippen LogP contribution in [-0.2, 0) is 13.0 Å². The average molecular weight is 287 g/mol. The Morgan fingerprint density at radius 3 is 2.76 bits per heavy atom. The molecule has 1 aliphatic carbocycles. The summed E-state index contributed by atoms with van der Waals surface area (Å²) in [6, 6.07) is 5.25. The molecule has 0 atom stereocenters. The van der Waals surface area contributed by atoms with Gasteiger partial charge in [-0.05, 0) is 43.4 Å². The summed E-state index contributed by atoms with van der Waals surface area (Å²) in [5, 5.41) is 3.61. The van der Waals surface area contributed by atoms with E-state index >= 15 is 0 Å². The molecule has 0 amide bonds. The molecule has 0 aromatic carbocycles. The highest BCUT2D eigenvalue weighted by Crippen LogP contribution is 2.21. The highest BCUT2D eigenvalue weighted by molar-refractivity contribution is 5.43. The highest BCUT2D eigenvalue weighted by atomic mass is 15.2. The molecule has 0 saturated heterocycles. The molecule has 3 nitrogen and oxygen atoms in total. The van der Waals surface area contributed by atoms with Gasteiger partial charge in [-0.1, -0.05) is 26.3 Å². The van der Waals surface area contributed by atoms with E-state index in [4.69, 9.17) is 4.98 Å². The number of nitrogens with zero attached hydrogens (tertiary/aromatic N) is 2. The van der Waals surface area contributed by atoms with Crippen molar-refractivity contribution in [3.8, 4) is 0 Å². The van der Waals surface area contributed by atoms with Crippen LogP contribution in [-0.4, -0.2) is 24.1 Å². The van der Waals surface area contributed by atoms with Gasteiger partial charge in [0.1, 0.15) is 5.82 Å². The van der Waals surface area contributed by atoms with E-state index in [1.807, 2.05) is 6.08 Å². The topological polar surface area (TPSA) is 28.2 Å². The van der Waals surface area contributed by atoms with E-state index in [1.54, 1.807) is 0 Å². The van der Waals surface area contributed by atoms with E-state index in [0.29, 0.717) is 0 Å². The summed E-state index contributed by atoms with van der Waals surface area (Å²) in [6.45, 7) is 11.2. The first-order chi connectivity index (χ1) is 10.3. The molecule has 116 valence electrons. The van der Waals surface area contributed by atoms with Crippen molar-refractivity contribution < 1.29 is 0 Å². The maximum absolute atomic E-state index is 4.85. The molecule has 0 radical (unpaired) electrons. The summed E-state index contributed by atoms with van der Waals surface area (Å²) in [6.07, 6.45) is 7.95. The lowest BCUT2D eigenvalue weighted by Crippen LogP contribution is -2.26. The Labute approximate surface area is 129 Å². The second kappa shape index (κ2) is 8.18. The maximum Gasteiger partial charge on any atom is 0.129 e. The molecule has 1 aromatic heterocycles. The Hall–Kier alpha value is -1.35. The molecule has 1 N–H and O–H groups in total. The normalized spacial score (nSPS) is 14.2. The van der Waals surface area contributed by atoms with Gasteiger partial charge < -0.3 is 10.2 Å². The fourth-order valence-corrected chi connectivity index (χ4v) is 2.56. The molecule has 1 aromatic rings. The zero-order chi connectivity index (χ0) is 15.1. The minimum Gasteiger partial charge on any atom is -0.353 e. The van der Waals surface area contributed by atoms with Crippen molar-refractivity contribution in [1.82, 2.24) is 10.3 Å². The van der Waals surface area contributed by atoms with E-state index in [1.165, 1.54) is 24.1 Å². The molecule has 0 bridgehead atoms. The zero-order valence-electron chi connectivity index (χ0n) is 13.6. The zero-order valence-corrected chi connectivity index (χ0v) is 13.6. The Balaban J connectivity index is 2.16. The molecule has 1 heterocycles. The number of hydrogen-bond acceptors (Lipinski definition) is 3. The van der Waals surface area contributed by atoms with Crippen LogP contribution < -0.4 is 10.2 Å². The number of aromatic nitrogens is 1. The van der Waals surface area contributed by atoms with Crippen LogP contribution in [0.5, 0.6) is 0 Å². The van der Waals surface area contributed by atoms with Crippen LogP contribution in [0.2, 0.25) is 0 Å². The summed E-state index contributed by atoms with van der Waals surface area (Å²) >= 11 is 0. The molecular formula is C18H29N3. The van der Waals surface area contributed by atoms with Gasteiger partial charge in [-0.2, -0.15) is 0 Å². The van der Waals surface area contributed by atoms with E-state index in [2.05, 4.69) is 42.8 Å². The van der Waals surface area contributed by atoms with Gasteiger partial charge in [0.15, 0.2) is 0 Å². The van der Waals surface area contributed by atoms with Crippen molar-refractivity contribution in [1.29, 1.82) is 0 Å². The summed E-state index contributed by atoms with van der Waals surface area (Å²) in [5.41, 5.74) is 2.58. The number of rotatable bonds is 10. The van der Waals surface area contributed by atoms with Gasteiger partial charge in [-0.15, -0.1) is 6.58 Å². The third-order valence-corrected chi connectivity index (χ3v) is 3.77. The molecule has 21 heavy (non-hydrogen) atoms. The molecule has 1 aliphatic rings. The van der Waals surface area contributed by atoms with Crippen LogP contribution in [0, 0.1) is 0 Å². The van der Waals surface area contributed by atoms with Crippen molar-refractivity contribution in [2.45, 2.75) is 58.5 Å². The molecule has 3 heteroatoms. The van der Waals surface area contributed by atoms with Gasteiger partial charge in [0.25, 0.3) is 0 Å². The molecule has 0 unspecified atom stereocenters. The summed E-state index contributed by atoms with van der Waals surface area (Å²) in [5.74, 6) is 1.11. The Bertz CT molecular complexity index is 452. The van der Waals surface area contributed by atoms with Crippen LogP contribution in [0.25, 0.3) is 0 Å². The predicted octanol–water partition coefficient (Wildman–Crippen LogP) is 3.69. The van der Waals surface area contributed by atoms with Crippen LogP contribution >= 0.6 is 0 Å². The van der Waals surface area contributed by atoms with Crippen LogP contribution in [0.3, 0.4) is 0 Å². The molecular weight excluding hydrogens is 258 g/mol. The molecule has 1 fully saturated rings. The molecule has 2 rings (SSSR count). The van der Waals surface area contributed by atoms with Gasteiger partial charge >= 0.3 is 0 Å². The number of nitrogens with one attached hydrogen (secondary N) is 1. The second-order valence-electron chi connectivity index (χ2n) is 5.96. The number of aryl methyl sites for hydroxylation is 1. The number of pyridine rings is 1. The number of hydrogen-bond donors (Lipinski definition) is 1. The van der Waals surface area contributed by atoms with Gasteiger partial charge in [0.2, 0.25) is 0 Å². The Kier molecular flexibility index (Phi) is 6.24. The van der Waals surface area contributed by atoms with Gasteiger partial charge in [0, 0.05) is 31.4 Å². The molecule has 0 aliphatic heterocycles. The van der Waals surface area contributed by atoms with Gasteiger partial charge in [-0.3, -0.25) is 0 Å². The van der Waals surface area contributed by atoms with Gasteiger partial charge in [-0.25, -0.2) is 4.98 Å². The standard InChI is InChI=1S/C18H29N3/c1-4-7-17-12-15(14-19-16-8-9-16)13-18(20-17)21(10-5-2)11-6-3/h5,12-13,16,19H,2,4,6-11,14H2,1,3H3. The van der Waals surface area contributed by atoms with Crippen LogP contribution in [0.1, 0.15) is 50.8 Å². The first kappa shape index (κ1) is 16.0. The monoisotopic (exact) mass is 287 g/mol. The minimum absolute atomic E-state index is 0.746. The van der Waals surface area contributed by atoms with Crippen molar-refractivity contribution in [3.05, 3.63) is 36.0 Å². The van der Waals surface area contributed by atoms with E-state index in [0.717, 1.165) is 50.8 Å². The molecule has 1 saturated carbocycles. The van der Waals surface area contributed by atoms with Crippen molar-refractivity contribution >= 4 is 5.82 Å². The van der Waals surface area contributed by atoms with Crippen molar-refractivity contribution in [3.63, 3.8) is 0 Å². The van der Waals surface area contributed by atoms with Crippen molar-refractivity contribution in [2.75, 3.05) is 18.0 Å². The lowest BCUT2D eigenvalue weighted by atomic mass is 10.1. The van der Waals surface area contributed by atoms with Crippen LogP contribution in [0.4, 0.5) is 5.82 Å². The third-order valence-electron chi connectivity index (χ3n) is 3.77. The number of anilines is 1. The van der Waals surface area contributed by atoms with E-state index < -0.39 is 0 Å². The lowest BCUT2D eigenvalue weighted by molar-refractivity contribution is 0.684. The minimum atomic E-state index is 0.746. The first-order valence-corrected chi connectivity index (χ1v) is 8.35. The van der Waals surface area contributed by atoms with Gasteiger partial charge in [0.05, 0.1) is 0 Å². The highest BCUT2D eigenvalue weighted by Gasteiger charge is 2.20. The average Bonchev–Trinajstić information content (AvgIpc) is 3.29. The molecule has 0 spiro atoms. The Morgan fingerprint density at radius 2 is 2.14 bits per heavy atom. The van der Waals surface area contributed by atoms with E-state index in [-0.39, 0.29) is 0 Å². The van der Waals surface area contributed by atoms with Crippen LogP contribution in [0.15, 0.2) is 24.8 Å².